The van der Waals surface area contributed by atoms with E-state index >= 15 is 0 Å². The van der Waals surface area contributed by atoms with E-state index in [0.29, 0.717) is 30.8 Å². The molecule has 0 aliphatic carbocycles. The molecule has 1 aromatic rings. The summed E-state index contributed by atoms with van der Waals surface area (Å²) in [6.45, 7) is 13.0. The van der Waals surface area contributed by atoms with Crippen LogP contribution in [0.15, 0.2) is 17.0 Å². The lowest BCUT2D eigenvalue weighted by atomic mass is 10.1. The predicted molar refractivity (Wildman–Crippen MR) is 123 cm³/mol. The van der Waals surface area contributed by atoms with Crippen LogP contribution >= 0.6 is 0 Å². The fourth-order valence-corrected chi connectivity index (χ4v) is 5.58. The molecule has 178 valence electrons. The van der Waals surface area contributed by atoms with Gasteiger partial charge >= 0.3 is 0 Å². The highest BCUT2D eigenvalue weighted by Crippen LogP contribution is 2.42. The number of benzene rings is 1. The van der Waals surface area contributed by atoms with Crippen molar-refractivity contribution in [3.63, 3.8) is 0 Å². The van der Waals surface area contributed by atoms with E-state index in [9.17, 15) is 13.5 Å². The molecule has 2 rings (SSSR count). The van der Waals surface area contributed by atoms with E-state index in [1.54, 1.807) is 12.1 Å². The number of ether oxygens (including phenoxy) is 3. The van der Waals surface area contributed by atoms with Crippen LogP contribution in [-0.4, -0.2) is 54.2 Å². The van der Waals surface area contributed by atoms with Gasteiger partial charge in [-0.15, -0.1) is 0 Å². The van der Waals surface area contributed by atoms with Gasteiger partial charge in [0.2, 0.25) is 0 Å². The summed E-state index contributed by atoms with van der Waals surface area (Å²) in [6.07, 6.45) is 0.611. The second kappa shape index (κ2) is 10.2. The maximum atomic E-state index is 13.4. The summed E-state index contributed by atoms with van der Waals surface area (Å²) in [5, 5.41) is 9.73. The lowest BCUT2D eigenvalue weighted by Gasteiger charge is -2.36. The molecule has 0 aromatic heterocycles. The maximum Gasteiger partial charge on any atom is 0.192 e. The van der Waals surface area contributed by atoms with E-state index in [-0.39, 0.29) is 34.1 Å². The minimum atomic E-state index is -3.71. The van der Waals surface area contributed by atoms with Gasteiger partial charge in [0, 0.05) is 13.0 Å². The molecule has 9 heteroatoms. The van der Waals surface area contributed by atoms with Crippen molar-refractivity contribution in [3.8, 4) is 11.5 Å². The van der Waals surface area contributed by atoms with Crippen LogP contribution in [0.25, 0.3) is 0 Å². The quantitative estimate of drug-likeness (QED) is 0.501. The van der Waals surface area contributed by atoms with Crippen LogP contribution < -0.4 is 9.47 Å². The minimum Gasteiger partial charge on any atom is -0.493 e. The summed E-state index contributed by atoms with van der Waals surface area (Å²) < 4.78 is 49.7. The molecule has 0 radical (unpaired) electrons. The Hall–Kier alpha value is -1.13. The van der Waals surface area contributed by atoms with Crippen molar-refractivity contribution < 1.29 is 32.2 Å². The summed E-state index contributed by atoms with van der Waals surface area (Å²) in [4.78, 5) is 0.0825. The molecular weight excluding hydrogens is 436 g/mol. The third-order valence-corrected chi connectivity index (χ3v) is 12.3. The minimum absolute atomic E-state index is 0.00402. The molecule has 2 atom stereocenters. The van der Waals surface area contributed by atoms with Crippen LogP contribution in [0.5, 0.6) is 11.5 Å². The Balaban J connectivity index is 2.37. The summed E-state index contributed by atoms with van der Waals surface area (Å²) in [5.74, 6) is 0.418. The molecule has 0 bridgehead atoms. The molecule has 31 heavy (non-hydrogen) atoms. The van der Waals surface area contributed by atoms with Gasteiger partial charge in [-0.05, 0) is 48.7 Å². The molecular formula is C22H38O7SSi. The molecule has 0 saturated carbocycles. The van der Waals surface area contributed by atoms with E-state index < -0.39 is 24.4 Å². The lowest BCUT2D eigenvalue weighted by molar-refractivity contribution is -0.0914. The second-order valence-corrected chi connectivity index (χ2v) is 16.4. The zero-order valence-electron chi connectivity index (χ0n) is 19.9. The van der Waals surface area contributed by atoms with E-state index in [2.05, 4.69) is 33.9 Å². The first-order chi connectivity index (χ1) is 14.3. The van der Waals surface area contributed by atoms with Gasteiger partial charge in [-0.25, -0.2) is 8.42 Å². The Morgan fingerprint density at radius 1 is 1.19 bits per heavy atom. The van der Waals surface area contributed by atoms with Gasteiger partial charge < -0.3 is 23.7 Å². The Bertz CT molecular complexity index is 846. The van der Waals surface area contributed by atoms with Crippen LogP contribution in [-0.2, 0) is 19.0 Å². The topological polar surface area (TPSA) is 91.3 Å². The molecule has 1 heterocycles. The third kappa shape index (κ3) is 6.44. The van der Waals surface area contributed by atoms with Gasteiger partial charge in [0.05, 0.1) is 25.6 Å². The first kappa shape index (κ1) is 26.1. The standard InChI is InChI=1S/C22H38O7SSi/c1-8-11-27-21-18(26-5)14-16(17-9-10-20(23)29-17)15-19(21)30(24,25)13-12-28-31(6,7)22(2,3)4/h14-15,17,20,23H,8-13H2,1-7H3/t17-,20+/m0/s1. The van der Waals surface area contributed by atoms with Crippen molar-refractivity contribution in [1.29, 1.82) is 0 Å². The Labute approximate surface area is 188 Å². The Morgan fingerprint density at radius 2 is 1.87 bits per heavy atom. The SMILES string of the molecule is CCCOc1c(OC)cc([C@@H]2CC[C@H](O)O2)cc1S(=O)(=O)CCO[Si](C)(C)C(C)(C)C. The number of sulfone groups is 1. The van der Waals surface area contributed by atoms with Gasteiger partial charge in [-0.1, -0.05) is 27.7 Å². The normalized spacial score (nSPS) is 20.1. The predicted octanol–water partition coefficient (Wildman–Crippen LogP) is 4.45. The molecule has 1 saturated heterocycles. The highest BCUT2D eigenvalue weighted by Gasteiger charge is 2.37. The summed E-state index contributed by atoms with van der Waals surface area (Å²) in [6, 6.07) is 3.33. The van der Waals surface area contributed by atoms with E-state index in [0.717, 1.165) is 6.42 Å². The third-order valence-electron chi connectivity index (χ3n) is 6.04. The number of hydrogen-bond donors (Lipinski definition) is 1. The summed E-state index contributed by atoms with van der Waals surface area (Å²) in [7, 11) is -4.29. The second-order valence-electron chi connectivity index (χ2n) is 9.48. The fraction of sp³-hybridized carbons (Fsp3) is 0.727. The smallest absolute Gasteiger partial charge is 0.192 e. The molecule has 1 aromatic carbocycles. The Morgan fingerprint density at radius 3 is 2.39 bits per heavy atom. The zero-order chi connectivity index (χ0) is 23.4. The molecule has 0 spiro atoms. The average molecular weight is 475 g/mol. The fourth-order valence-electron chi connectivity index (χ4n) is 3.11. The number of rotatable bonds is 10. The molecule has 0 unspecified atom stereocenters. The zero-order valence-corrected chi connectivity index (χ0v) is 21.7. The molecule has 1 fully saturated rings. The van der Waals surface area contributed by atoms with Crippen LogP contribution in [0.3, 0.4) is 0 Å². The Kier molecular flexibility index (Phi) is 8.60. The molecule has 1 N–H and O–H groups in total. The van der Waals surface area contributed by atoms with E-state index in [1.807, 2.05) is 6.92 Å². The first-order valence-electron chi connectivity index (χ1n) is 10.9. The van der Waals surface area contributed by atoms with Crippen molar-refractivity contribution >= 4 is 18.2 Å². The number of aliphatic hydroxyl groups excluding tert-OH is 1. The first-order valence-corrected chi connectivity index (χ1v) is 15.4. The molecule has 0 amide bonds. The van der Waals surface area contributed by atoms with Crippen molar-refractivity contribution in [2.75, 3.05) is 26.1 Å². The van der Waals surface area contributed by atoms with Gasteiger partial charge in [0.25, 0.3) is 0 Å². The highest BCUT2D eigenvalue weighted by molar-refractivity contribution is 7.91. The average Bonchev–Trinajstić information content (AvgIpc) is 3.10. The largest absolute Gasteiger partial charge is 0.493 e. The molecule has 7 nitrogen and oxygen atoms in total. The van der Waals surface area contributed by atoms with Gasteiger partial charge in [0.15, 0.2) is 35.9 Å². The van der Waals surface area contributed by atoms with Crippen LogP contribution in [0, 0.1) is 0 Å². The van der Waals surface area contributed by atoms with Crippen molar-refractivity contribution in [2.45, 2.75) is 82.4 Å². The number of methoxy groups -OCH3 is 1. The van der Waals surface area contributed by atoms with Crippen LogP contribution in [0.4, 0.5) is 0 Å². The lowest BCUT2D eigenvalue weighted by Crippen LogP contribution is -2.41. The molecule has 1 aliphatic heterocycles. The maximum absolute atomic E-state index is 13.4. The van der Waals surface area contributed by atoms with Crippen molar-refractivity contribution in [1.82, 2.24) is 0 Å². The van der Waals surface area contributed by atoms with E-state index in [4.69, 9.17) is 18.6 Å². The highest BCUT2D eigenvalue weighted by atomic mass is 32.2. The van der Waals surface area contributed by atoms with Crippen molar-refractivity contribution in [3.05, 3.63) is 17.7 Å². The summed E-state index contributed by atoms with van der Waals surface area (Å²) in [5.41, 5.74) is 0.654. The van der Waals surface area contributed by atoms with Gasteiger partial charge in [-0.2, -0.15) is 0 Å². The van der Waals surface area contributed by atoms with Crippen LogP contribution in [0.2, 0.25) is 18.1 Å². The van der Waals surface area contributed by atoms with Crippen molar-refractivity contribution in [2.24, 2.45) is 0 Å². The summed E-state index contributed by atoms with van der Waals surface area (Å²) >= 11 is 0. The van der Waals surface area contributed by atoms with Crippen LogP contribution in [0.1, 0.15) is 58.6 Å². The monoisotopic (exact) mass is 474 g/mol. The number of hydrogen-bond acceptors (Lipinski definition) is 7. The number of aliphatic hydroxyl groups is 1. The molecule has 1 aliphatic rings. The van der Waals surface area contributed by atoms with Gasteiger partial charge in [-0.3, -0.25) is 0 Å². The van der Waals surface area contributed by atoms with E-state index in [1.165, 1.54) is 7.11 Å². The van der Waals surface area contributed by atoms with Gasteiger partial charge in [0.1, 0.15) is 4.90 Å².